The van der Waals surface area contributed by atoms with Crippen LogP contribution in [0.1, 0.15) is 38.5 Å². The highest BCUT2D eigenvalue weighted by Gasteiger charge is 2.39. The molecule has 1 saturated heterocycles. The standard InChI is InChI=1S/C21H28N2O5S/c24-20(11-6-12-28-17-9-2-1-3-10-17)22-18-14-29(26,27)15-19(18)23-21(25)13-16-7-4-5-8-16/h1-3,7,9-10,18-19H,4-6,8,11-15H2,(H,22,24)(H,23,25). The van der Waals surface area contributed by atoms with Gasteiger partial charge >= 0.3 is 0 Å². The quantitative estimate of drug-likeness (QED) is 0.468. The summed E-state index contributed by atoms with van der Waals surface area (Å²) in [6.45, 7) is 0.398. The zero-order chi connectivity index (χ0) is 20.7. The molecular weight excluding hydrogens is 392 g/mol. The second-order valence-corrected chi connectivity index (χ2v) is 9.78. The molecule has 0 bridgehead atoms. The number of rotatable bonds is 9. The topological polar surface area (TPSA) is 102 Å². The van der Waals surface area contributed by atoms with Crippen molar-refractivity contribution in [2.75, 3.05) is 18.1 Å². The van der Waals surface area contributed by atoms with Crippen molar-refractivity contribution in [1.82, 2.24) is 10.6 Å². The van der Waals surface area contributed by atoms with Gasteiger partial charge in [0.15, 0.2) is 9.84 Å². The van der Waals surface area contributed by atoms with E-state index in [4.69, 9.17) is 4.74 Å². The molecule has 2 aliphatic rings. The van der Waals surface area contributed by atoms with Crippen molar-refractivity contribution in [1.29, 1.82) is 0 Å². The molecule has 0 radical (unpaired) electrons. The van der Waals surface area contributed by atoms with Gasteiger partial charge in [0.05, 0.1) is 30.2 Å². The van der Waals surface area contributed by atoms with E-state index >= 15 is 0 Å². The summed E-state index contributed by atoms with van der Waals surface area (Å²) in [7, 11) is -3.29. The van der Waals surface area contributed by atoms with Gasteiger partial charge < -0.3 is 15.4 Å². The summed E-state index contributed by atoms with van der Waals surface area (Å²) in [6.07, 6.45) is 6.10. The zero-order valence-corrected chi connectivity index (χ0v) is 17.2. The fourth-order valence-corrected chi connectivity index (χ4v) is 5.57. The largest absolute Gasteiger partial charge is 0.494 e. The molecular formula is C21H28N2O5S. The summed E-state index contributed by atoms with van der Waals surface area (Å²) < 4.78 is 29.6. The van der Waals surface area contributed by atoms with E-state index in [1.54, 1.807) is 0 Å². The van der Waals surface area contributed by atoms with E-state index in [-0.39, 0.29) is 29.7 Å². The van der Waals surface area contributed by atoms with Crippen molar-refractivity contribution < 1.29 is 22.7 Å². The molecule has 8 heteroatoms. The number of amides is 2. The maximum atomic E-state index is 12.3. The second-order valence-electron chi connectivity index (χ2n) is 7.62. The van der Waals surface area contributed by atoms with Crippen LogP contribution in [0.25, 0.3) is 0 Å². The van der Waals surface area contributed by atoms with Gasteiger partial charge in [-0.25, -0.2) is 8.42 Å². The molecule has 1 heterocycles. The third-order valence-electron chi connectivity index (χ3n) is 5.13. The Morgan fingerprint density at radius 1 is 1.03 bits per heavy atom. The number of nitrogens with one attached hydrogen (secondary N) is 2. The van der Waals surface area contributed by atoms with Crippen LogP contribution in [0.15, 0.2) is 42.0 Å². The summed E-state index contributed by atoms with van der Waals surface area (Å²) in [5.74, 6) is 0.0412. The van der Waals surface area contributed by atoms with Crippen molar-refractivity contribution in [3.63, 3.8) is 0 Å². The van der Waals surface area contributed by atoms with Gasteiger partial charge in [0.25, 0.3) is 0 Å². The number of hydrogen-bond acceptors (Lipinski definition) is 5. The molecule has 0 spiro atoms. The van der Waals surface area contributed by atoms with Crippen LogP contribution >= 0.6 is 0 Å². The maximum Gasteiger partial charge on any atom is 0.224 e. The molecule has 1 aliphatic carbocycles. The molecule has 0 aromatic heterocycles. The Hall–Kier alpha value is -2.35. The van der Waals surface area contributed by atoms with Crippen molar-refractivity contribution in [2.24, 2.45) is 0 Å². The molecule has 1 aromatic carbocycles. The number of carbonyl (C=O) groups is 2. The third kappa shape index (κ3) is 6.88. The molecule has 1 fully saturated rings. The van der Waals surface area contributed by atoms with Crippen LogP contribution in [-0.4, -0.2) is 50.4 Å². The van der Waals surface area contributed by atoms with Crippen LogP contribution in [0.2, 0.25) is 0 Å². The molecule has 29 heavy (non-hydrogen) atoms. The van der Waals surface area contributed by atoms with Crippen LogP contribution in [0.5, 0.6) is 5.75 Å². The number of carbonyl (C=O) groups excluding carboxylic acids is 2. The average molecular weight is 421 g/mol. The number of allylic oxidation sites excluding steroid dienone is 1. The highest BCUT2D eigenvalue weighted by molar-refractivity contribution is 7.91. The fraction of sp³-hybridized carbons (Fsp3) is 0.524. The van der Waals surface area contributed by atoms with E-state index in [9.17, 15) is 18.0 Å². The van der Waals surface area contributed by atoms with Gasteiger partial charge in [0.2, 0.25) is 11.8 Å². The number of ether oxygens (including phenoxy) is 1. The lowest BCUT2D eigenvalue weighted by Crippen LogP contribution is -2.51. The van der Waals surface area contributed by atoms with Crippen molar-refractivity contribution >= 4 is 21.7 Å². The molecule has 1 aromatic rings. The predicted octanol–water partition coefficient (Wildman–Crippen LogP) is 1.74. The maximum absolute atomic E-state index is 12.3. The molecule has 2 amide bonds. The lowest BCUT2D eigenvalue weighted by molar-refractivity contribution is -0.124. The minimum absolute atomic E-state index is 0.139. The van der Waals surface area contributed by atoms with Gasteiger partial charge in [-0.15, -0.1) is 0 Å². The number of sulfone groups is 1. The first-order chi connectivity index (χ1) is 13.9. The van der Waals surface area contributed by atoms with Gasteiger partial charge in [-0.05, 0) is 37.8 Å². The molecule has 2 N–H and O–H groups in total. The Balaban J connectivity index is 1.44. The number of para-hydroxylation sites is 1. The van der Waals surface area contributed by atoms with Crippen molar-refractivity contribution in [3.05, 3.63) is 42.0 Å². The molecule has 2 atom stereocenters. The minimum atomic E-state index is -3.29. The molecule has 1 aliphatic heterocycles. The first-order valence-electron chi connectivity index (χ1n) is 10.1. The van der Waals surface area contributed by atoms with E-state index < -0.39 is 21.9 Å². The fourth-order valence-electron chi connectivity index (χ4n) is 3.71. The van der Waals surface area contributed by atoms with Gasteiger partial charge in [-0.2, -0.15) is 0 Å². The van der Waals surface area contributed by atoms with E-state index in [0.717, 1.165) is 30.6 Å². The van der Waals surface area contributed by atoms with Crippen molar-refractivity contribution in [2.45, 2.75) is 50.6 Å². The number of benzene rings is 1. The predicted molar refractivity (Wildman–Crippen MR) is 110 cm³/mol. The van der Waals surface area contributed by atoms with Crippen LogP contribution < -0.4 is 15.4 Å². The second kappa shape index (κ2) is 9.91. The SMILES string of the molecule is O=C(CCCOc1ccccc1)NC1CS(=O)(=O)CC1NC(=O)CC1=CCCC1. The third-order valence-corrected chi connectivity index (χ3v) is 6.86. The summed E-state index contributed by atoms with van der Waals surface area (Å²) >= 11 is 0. The molecule has 158 valence electrons. The van der Waals surface area contributed by atoms with Gasteiger partial charge in [0, 0.05) is 12.8 Å². The van der Waals surface area contributed by atoms with Gasteiger partial charge in [-0.3, -0.25) is 9.59 Å². The van der Waals surface area contributed by atoms with Gasteiger partial charge in [0.1, 0.15) is 5.75 Å². The summed E-state index contributed by atoms with van der Waals surface area (Å²) in [4.78, 5) is 24.5. The van der Waals surface area contributed by atoms with Crippen LogP contribution in [0.4, 0.5) is 0 Å². The Morgan fingerprint density at radius 3 is 2.38 bits per heavy atom. The normalized spacial score (nSPS) is 22.7. The molecule has 0 saturated carbocycles. The van der Waals surface area contributed by atoms with Crippen molar-refractivity contribution in [3.8, 4) is 5.75 Å². The van der Waals surface area contributed by atoms with Crippen LogP contribution in [0.3, 0.4) is 0 Å². The molecule has 2 unspecified atom stereocenters. The highest BCUT2D eigenvalue weighted by Crippen LogP contribution is 2.21. The van der Waals surface area contributed by atoms with Crippen LogP contribution in [-0.2, 0) is 19.4 Å². The Labute approximate surface area is 171 Å². The Kier molecular flexibility index (Phi) is 7.30. The first kappa shape index (κ1) is 21.4. The summed E-state index contributed by atoms with van der Waals surface area (Å²) in [5.41, 5.74) is 1.10. The smallest absolute Gasteiger partial charge is 0.224 e. The van der Waals surface area contributed by atoms with E-state index in [1.165, 1.54) is 0 Å². The average Bonchev–Trinajstić information content (AvgIpc) is 3.27. The molecule has 7 nitrogen and oxygen atoms in total. The monoisotopic (exact) mass is 420 g/mol. The number of hydrogen-bond donors (Lipinski definition) is 2. The lowest BCUT2D eigenvalue weighted by Gasteiger charge is -2.21. The van der Waals surface area contributed by atoms with E-state index in [1.807, 2.05) is 30.3 Å². The lowest BCUT2D eigenvalue weighted by atomic mass is 10.1. The van der Waals surface area contributed by atoms with E-state index in [0.29, 0.717) is 19.4 Å². The minimum Gasteiger partial charge on any atom is -0.494 e. The zero-order valence-electron chi connectivity index (χ0n) is 16.4. The Morgan fingerprint density at radius 2 is 1.72 bits per heavy atom. The summed E-state index contributed by atoms with van der Waals surface area (Å²) in [5, 5.41) is 5.59. The molecule has 3 rings (SSSR count). The van der Waals surface area contributed by atoms with E-state index in [2.05, 4.69) is 16.7 Å². The summed E-state index contributed by atoms with van der Waals surface area (Å²) in [6, 6.07) is 8.16. The van der Waals surface area contributed by atoms with Gasteiger partial charge in [-0.1, -0.05) is 29.8 Å². The first-order valence-corrected chi connectivity index (χ1v) is 11.9. The van der Waals surface area contributed by atoms with Crippen LogP contribution in [0, 0.1) is 0 Å². The Bertz CT molecular complexity index is 851. The highest BCUT2D eigenvalue weighted by atomic mass is 32.2.